The van der Waals surface area contributed by atoms with E-state index in [1.807, 2.05) is 6.07 Å². The van der Waals surface area contributed by atoms with E-state index in [4.69, 9.17) is 0 Å². The Bertz CT molecular complexity index is 623. The third-order valence-corrected chi connectivity index (χ3v) is 4.39. The van der Waals surface area contributed by atoms with Crippen molar-refractivity contribution in [3.05, 3.63) is 52.6 Å². The molecule has 0 N–H and O–H groups in total. The third-order valence-electron chi connectivity index (χ3n) is 3.83. The van der Waals surface area contributed by atoms with Crippen LogP contribution in [0.2, 0.25) is 0 Å². The molecule has 2 aromatic rings. The van der Waals surface area contributed by atoms with Gasteiger partial charge in [-0.05, 0) is 27.9 Å². The van der Waals surface area contributed by atoms with Gasteiger partial charge in [-0.3, -0.25) is 4.90 Å². The van der Waals surface area contributed by atoms with Crippen LogP contribution in [0.1, 0.15) is 12.0 Å². The molecule has 2 heterocycles. The van der Waals surface area contributed by atoms with Gasteiger partial charge in [0, 0.05) is 38.9 Å². The molecule has 1 aromatic heterocycles. The van der Waals surface area contributed by atoms with E-state index in [0.29, 0.717) is 5.82 Å². The number of hydrogen-bond donors (Lipinski definition) is 0. The molecule has 116 valence electrons. The first-order chi connectivity index (χ1) is 10.7. The maximum Gasteiger partial charge on any atom is 0.310 e. The van der Waals surface area contributed by atoms with E-state index < -0.39 is 6.08 Å². The highest BCUT2D eigenvalue weighted by Crippen LogP contribution is 2.24. The molecule has 3 rings (SSSR count). The smallest absolute Gasteiger partial charge is 0.310 e. The van der Waals surface area contributed by atoms with Crippen LogP contribution in [-0.2, 0) is 6.54 Å². The Balaban J connectivity index is 1.66. The second-order valence-corrected chi connectivity index (χ2v) is 6.27. The fraction of sp³-hybridized carbons (Fsp3) is 0.375. The zero-order valence-corrected chi connectivity index (χ0v) is 13.8. The van der Waals surface area contributed by atoms with Crippen LogP contribution in [-0.4, -0.2) is 41.0 Å². The Morgan fingerprint density at radius 2 is 1.91 bits per heavy atom. The first-order valence-electron chi connectivity index (χ1n) is 7.41. The van der Waals surface area contributed by atoms with Crippen LogP contribution < -0.4 is 4.90 Å². The van der Waals surface area contributed by atoms with Crippen molar-refractivity contribution in [3.63, 3.8) is 0 Å². The minimum atomic E-state index is -0.677. The fourth-order valence-corrected chi connectivity index (χ4v) is 3.18. The topological polar surface area (TPSA) is 32.3 Å². The van der Waals surface area contributed by atoms with Gasteiger partial charge in [0.25, 0.3) is 0 Å². The van der Waals surface area contributed by atoms with Gasteiger partial charge in [-0.2, -0.15) is 9.37 Å². The maximum absolute atomic E-state index is 13.3. The van der Waals surface area contributed by atoms with Gasteiger partial charge in [-0.25, -0.2) is 4.98 Å². The van der Waals surface area contributed by atoms with E-state index in [9.17, 15) is 4.39 Å². The molecular formula is C16H18BrFN4. The second kappa shape index (κ2) is 7.15. The van der Waals surface area contributed by atoms with E-state index >= 15 is 0 Å². The number of anilines is 1. The molecule has 1 saturated heterocycles. The van der Waals surface area contributed by atoms with Crippen LogP contribution >= 0.6 is 15.9 Å². The van der Waals surface area contributed by atoms with Gasteiger partial charge in [0.2, 0.25) is 0 Å². The molecule has 1 aliphatic heterocycles. The van der Waals surface area contributed by atoms with Gasteiger partial charge in [0.05, 0.1) is 4.47 Å². The molecule has 22 heavy (non-hydrogen) atoms. The van der Waals surface area contributed by atoms with Gasteiger partial charge >= 0.3 is 6.08 Å². The average Bonchev–Trinajstić information content (AvgIpc) is 2.76. The molecule has 1 aromatic carbocycles. The monoisotopic (exact) mass is 364 g/mol. The van der Waals surface area contributed by atoms with Gasteiger partial charge in [-0.15, -0.1) is 0 Å². The minimum absolute atomic E-state index is 0.647. The number of benzene rings is 1. The number of aromatic nitrogens is 2. The Morgan fingerprint density at radius 3 is 2.73 bits per heavy atom. The predicted octanol–water partition coefficient (Wildman–Crippen LogP) is 3.09. The van der Waals surface area contributed by atoms with Crippen LogP contribution in [0.4, 0.5) is 10.2 Å². The fourth-order valence-electron chi connectivity index (χ4n) is 2.74. The lowest BCUT2D eigenvalue weighted by molar-refractivity contribution is 0.285. The Labute approximate surface area is 138 Å². The SMILES string of the molecule is Fc1ncc(Br)c(N2CCCN(Cc3ccccc3)CC2)n1. The van der Waals surface area contributed by atoms with Crippen LogP contribution in [0, 0.1) is 6.08 Å². The van der Waals surface area contributed by atoms with E-state index in [1.54, 1.807) is 0 Å². The molecule has 0 radical (unpaired) electrons. The van der Waals surface area contributed by atoms with Crippen molar-refractivity contribution < 1.29 is 4.39 Å². The first kappa shape index (κ1) is 15.4. The maximum atomic E-state index is 13.3. The largest absolute Gasteiger partial charge is 0.354 e. The molecule has 6 heteroatoms. The zero-order chi connectivity index (χ0) is 15.4. The summed E-state index contributed by atoms with van der Waals surface area (Å²) in [6.45, 7) is 4.64. The molecule has 4 nitrogen and oxygen atoms in total. The first-order valence-corrected chi connectivity index (χ1v) is 8.21. The van der Waals surface area contributed by atoms with Gasteiger partial charge in [0.1, 0.15) is 5.82 Å². The molecular weight excluding hydrogens is 347 g/mol. The molecule has 1 aliphatic rings. The summed E-state index contributed by atoms with van der Waals surface area (Å²) in [4.78, 5) is 12.1. The molecule has 0 atom stereocenters. The predicted molar refractivity (Wildman–Crippen MR) is 88.2 cm³/mol. The van der Waals surface area contributed by atoms with E-state index in [2.05, 4.69) is 60.0 Å². The van der Waals surface area contributed by atoms with Crippen LogP contribution in [0.5, 0.6) is 0 Å². The highest BCUT2D eigenvalue weighted by atomic mass is 79.9. The van der Waals surface area contributed by atoms with Crippen molar-refractivity contribution in [2.45, 2.75) is 13.0 Å². The summed E-state index contributed by atoms with van der Waals surface area (Å²) in [5, 5.41) is 0. The van der Waals surface area contributed by atoms with Gasteiger partial charge in [0.15, 0.2) is 0 Å². The second-order valence-electron chi connectivity index (χ2n) is 5.41. The quantitative estimate of drug-likeness (QED) is 0.783. The number of rotatable bonds is 3. The van der Waals surface area contributed by atoms with E-state index in [-0.39, 0.29) is 0 Å². The van der Waals surface area contributed by atoms with Crippen molar-refractivity contribution in [3.8, 4) is 0 Å². The summed E-state index contributed by atoms with van der Waals surface area (Å²) < 4.78 is 14.0. The molecule has 0 spiro atoms. The third kappa shape index (κ3) is 3.81. The summed E-state index contributed by atoms with van der Waals surface area (Å²) in [5.74, 6) is 0.647. The number of hydrogen-bond acceptors (Lipinski definition) is 4. The Morgan fingerprint density at radius 1 is 1.09 bits per heavy atom. The Kier molecular flexibility index (Phi) is 5.00. The van der Waals surface area contributed by atoms with Crippen molar-refractivity contribution in [2.24, 2.45) is 0 Å². The van der Waals surface area contributed by atoms with Crippen LogP contribution in [0.3, 0.4) is 0 Å². The normalized spacial score (nSPS) is 16.5. The lowest BCUT2D eigenvalue weighted by atomic mass is 10.2. The summed E-state index contributed by atoms with van der Waals surface area (Å²) in [6.07, 6.45) is 1.83. The number of nitrogens with zero attached hydrogens (tertiary/aromatic N) is 4. The zero-order valence-electron chi connectivity index (χ0n) is 12.3. The van der Waals surface area contributed by atoms with Crippen molar-refractivity contribution in [2.75, 3.05) is 31.1 Å². The highest BCUT2D eigenvalue weighted by molar-refractivity contribution is 9.10. The van der Waals surface area contributed by atoms with E-state index in [1.165, 1.54) is 11.8 Å². The van der Waals surface area contributed by atoms with E-state index in [0.717, 1.165) is 43.6 Å². The summed E-state index contributed by atoms with van der Waals surface area (Å²) >= 11 is 3.41. The molecule has 1 fully saturated rings. The summed E-state index contributed by atoms with van der Waals surface area (Å²) in [6, 6.07) is 10.5. The molecule has 0 aliphatic carbocycles. The Hall–Kier alpha value is -1.53. The van der Waals surface area contributed by atoms with Gasteiger partial charge < -0.3 is 4.90 Å². The molecule has 0 amide bonds. The average molecular weight is 365 g/mol. The highest BCUT2D eigenvalue weighted by Gasteiger charge is 2.18. The van der Waals surface area contributed by atoms with Crippen LogP contribution in [0.25, 0.3) is 0 Å². The lowest BCUT2D eigenvalue weighted by Crippen LogP contribution is -2.31. The molecule has 0 unspecified atom stereocenters. The van der Waals surface area contributed by atoms with Crippen LogP contribution in [0.15, 0.2) is 41.0 Å². The molecule has 0 saturated carbocycles. The van der Waals surface area contributed by atoms with Crippen molar-refractivity contribution in [1.82, 2.24) is 14.9 Å². The molecule has 0 bridgehead atoms. The minimum Gasteiger partial charge on any atom is -0.354 e. The number of halogens is 2. The van der Waals surface area contributed by atoms with Gasteiger partial charge in [-0.1, -0.05) is 30.3 Å². The van der Waals surface area contributed by atoms with Crippen molar-refractivity contribution >= 4 is 21.7 Å². The summed E-state index contributed by atoms with van der Waals surface area (Å²) in [7, 11) is 0. The summed E-state index contributed by atoms with van der Waals surface area (Å²) in [5.41, 5.74) is 1.32. The standard InChI is InChI=1S/C16H18BrFN4/c17-14-11-19-16(18)20-15(14)22-8-4-7-21(9-10-22)12-13-5-2-1-3-6-13/h1-3,5-6,11H,4,7-10,12H2. The van der Waals surface area contributed by atoms with Crippen molar-refractivity contribution in [1.29, 1.82) is 0 Å². The lowest BCUT2D eigenvalue weighted by Gasteiger charge is -2.23.